The first kappa shape index (κ1) is 19.8. The normalized spacial score (nSPS) is 10.6. The number of carbonyl (C=O) groups is 1. The van der Waals surface area contributed by atoms with Crippen LogP contribution in [0.1, 0.15) is 34.2 Å². The summed E-state index contributed by atoms with van der Waals surface area (Å²) in [5.74, 6) is 0.257. The van der Waals surface area contributed by atoms with Gasteiger partial charge < -0.3 is 10.2 Å². The van der Waals surface area contributed by atoms with E-state index in [1.807, 2.05) is 49.9 Å². The maximum absolute atomic E-state index is 12.8. The molecule has 0 saturated heterocycles. The highest BCUT2D eigenvalue weighted by Gasteiger charge is 2.16. The van der Waals surface area contributed by atoms with Crippen LogP contribution in [0.15, 0.2) is 54.6 Å². The van der Waals surface area contributed by atoms with E-state index in [9.17, 15) is 4.79 Å². The molecule has 0 spiro atoms. The first-order valence-corrected chi connectivity index (χ1v) is 9.56. The first-order chi connectivity index (χ1) is 13.5. The van der Waals surface area contributed by atoms with Crippen molar-refractivity contribution in [3.63, 3.8) is 0 Å². The van der Waals surface area contributed by atoms with Crippen molar-refractivity contribution in [1.82, 2.24) is 9.97 Å². The van der Waals surface area contributed by atoms with E-state index in [2.05, 4.69) is 27.4 Å². The Morgan fingerprint density at radius 2 is 1.82 bits per heavy atom. The fourth-order valence-corrected chi connectivity index (χ4v) is 3.04. The lowest BCUT2D eigenvalue weighted by atomic mass is 10.2. The fourth-order valence-electron chi connectivity index (χ4n) is 2.87. The number of aromatic nitrogens is 2. The minimum atomic E-state index is -0.284. The number of benzene rings is 2. The van der Waals surface area contributed by atoms with Crippen LogP contribution in [0.3, 0.4) is 0 Å². The summed E-state index contributed by atoms with van der Waals surface area (Å²) in [6.45, 7) is 7.18. The van der Waals surface area contributed by atoms with E-state index in [1.165, 1.54) is 0 Å². The molecule has 6 heteroatoms. The number of carbonyl (C=O) groups excluding carboxylic acids is 1. The van der Waals surface area contributed by atoms with Crippen LogP contribution >= 0.6 is 11.6 Å². The molecule has 28 heavy (non-hydrogen) atoms. The van der Waals surface area contributed by atoms with Crippen molar-refractivity contribution in [2.24, 2.45) is 0 Å². The molecule has 0 saturated carbocycles. The third kappa shape index (κ3) is 4.67. The van der Waals surface area contributed by atoms with Gasteiger partial charge in [-0.15, -0.1) is 0 Å². The molecule has 5 nitrogen and oxygen atoms in total. The highest BCUT2D eigenvalue weighted by Crippen LogP contribution is 2.23. The number of hydrogen-bond donors (Lipinski definition) is 1. The molecule has 1 N–H and O–H groups in total. The third-order valence-electron chi connectivity index (χ3n) is 4.47. The molecule has 2 aromatic carbocycles. The van der Waals surface area contributed by atoms with E-state index >= 15 is 0 Å². The molecule has 3 aromatic rings. The molecule has 1 heterocycles. The number of rotatable bonds is 6. The predicted molar refractivity (Wildman–Crippen MR) is 114 cm³/mol. The summed E-state index contributed by atoms with van der Waals surface area (Å²) in [5, 5.41) is 3.50. The van der Waals surface area contributed by atoms with Crippen molar-refractivity contribution >= 4 is 29.1 Å². The van der Waals surface area contributed by atoms with Gasteiger partial charge in [0.05, 0.1) is 0 Å². The van der Waals surface area contributed by atoms with Crippen molar-refractivity contribution in [2.75, 3.05) is 16.8 Å². The quantitative estimate of drug-likeness (QED) is 0.637. The number of nitrogens with one attached hydrogen (secondary N) is 1. The van der Waals surface area contributed by atoms with Crippen molar-refractivity contribution in [2.45, 2.75) is 27.3 Å². The van der Waals surface area contributed by atoms with Crippen LogP contribution in [0.4, 0.5) is 11.6 Å². The van der Waals surface area contributed by atoms with E-state index < -0.39 is 0 Å². The Kier molecular flexibility index (Phi) is 6.26. The molecule has 0 radical (unpaired) electrons. The molecule has 0 aliphatic rings. The lowest BCUT2D eigenvalue weighted by Gasteiger charge is -2.21. The van der Waals surface area contributed by atoms with E-state index in [1.54, 1.807) is 18.2 Å². The first-order valence-electron chi connectivity index (χ1n) is 9.19. The number of amides is 1. The zero-order valence-corrected chi connectivity index (χ0v) is 17.0. The number of nitrogens with zero attached hydrogens (tertiary/aromatic N) is 3. The molecule has 1 aromatic heterocycles. The van der Waals surface area contributed by atoms with Gasteiger partial charge in [0.15, 0.2) is 0 Å². The topological polar surface area (TPSA) is 58.1 Å². The molecule has 0 fully saturated rings. The monoisotopic (exact) mass is 394 g/mol. The van der Waals surface area contributed by atoms with E-state index in [4.69, 9.17) is 11.6 Å². The molecule has 144 valence electrons. The Hall–Kier alpha value is -2.92. The van der Waals surface area contributed by atoms with Crippen molar-refractivity contribution < 1.29 is 4.79 Å². The minimum absolute atomic E-state index is 0.284. The van der Waals surface area contributed by atoms with Gasteiger partial charge in [0.1, 0.15) is 5.69 Å². The highest BCUT2D eigenvalue weighted by molar-refractivity contribution is 6.31. The van der Waals surface area contributed by atoms with Gasteiger partial charge in [0, 0.05) is 29.5 Å². The lowest BCUT2D eigenvalue weighted by molar-refractivity contribution is 0.102. The van der Waals surface area contributed by atoms with Crippen LogP contribution in [0.2, 0.25) is 5.02 Å². The number of anilines is 2. The summed E-state index contributed by atoms with van der Waals surface area (Å²) in [5.41, 5.74) is 3.72. The van der Waals surface area contributed by atoms with Crippen LogP contribution in [-0.2, 0) is 6.54 Å². The second-order valence-electron chi connectivity index (χ2n) is 6.56. The van der Waals surface area contributed by atoms with Crippen molar-refractivity contribution in [3.05, 3.63) is 82.1 Å². The summed E-state index contributed by atoms with van der Waals surface area (Å²) >= 11 is 6.15. The second-order valence-corrected chi connectivity index (χ2v) is 6.97. The van der Waals surface area contributed by atoms with Gasteiger partial charge >= 0.3 is 0 Å². The Morgan fingerprint density at radius 1 is 1.07 bits per heavy atom. The smallest absolute Gasteiger partial charge is 0.274 e. The standard InChI is InChI=1S/C22H23ClN4O/c1-4-27(14-17-9-6-5-7-10-17)22-24-15(2)13-20(26-22)21(28)25-19-12-8-11-18(23)16(19)3/h5-13H,4,14H2,1-3H3,(H,25,28). The third-order valence-corrected chi connectivity index (χ3v) is 4.88. The van der Waals surface area contributed by atoms with Crippen LogP contribution in [0, 0.1) is 13.8 Å². The zero-order chi connectivity index (χ0) is 20.1. The second kappa shape index (κ2) is 8.85. The Balaban J connectivity index is 1.85. The van der Waals surface area contributed by atoms with Crippen LogP contribution in [-0.4, -0.2) is 22.4 Å². The van der Waals surface area contributed by atoms with Crippen LogP contribution in [0.5, 0.6) is 0 Å². The summed E-state index contributed by atoms with van der Waals surface area (Å²) < 4.78 is 0. The lowest BCUT2D eigenvalue weighted by Crippen LogP contribution is -2.26. The predicted octanol–water partition coefficient (Wildman–Crippen LogP) is 5.03. The minimum Gasteiger partial charge on any atom is -0.337 e. The Bertz CT molecular complexity index is 976. The summed E-state index contributed by atoms with van der Waals surface area (Å²) in [6, 6.07) is 17.2. The summed E-state index contributed by atoms with van der Waals surface area (Å²) in [7, 11) is 0. The van der Waals surface area contributed by atoms with Crippen molar-refractivity contribution in [3.8, 4) is 0 Å². The molecule has 0 aliphatic heterocycles. The van der Waals surface area contributed by atoms with Gasteiger partial charge in [0.2, 0.25) is 5.95 Å². The fraction of sp³-hybridized carbons (Fsp3) is 0.227. The molecular formula is C22H23ClN4O. The summed E-state index contributed by atoms with van der Waals surface area (Å²) in [4.78, 5) is 23.9. The van der Waals surface area contributed by atoms with Crippen LogP contribution in [0.25, 0.3) is 0 Å². The van der Waals surface area contributed by atoms with E-state index in [-0.39, 0.29) is 5.91 Å². The van der Waals surface area contributed by atoms with E-state index in [0.717, 1.165) is 23.4 Å². The molecule has 0 unspecified atom stereocenters. The van der Waals surface area contributed by atoms with Crippen LogP contribution < -0.4 is 10.2 Å². The molecule has 0 aliphatic carbocycles. The van der Waals surface area contributed by atoms with E-state index in [0.29, 0.717) is 28.9 Å². The number of hydrogen-bond acceptors (Lipinski definition) is 4. The number of aryl methyl sites for hydroxylation is 1. The molecule has 0 atom stereocenters. The van der Waals surface area contributed by atoms with Crippen molar-refractivity contribution in [1.29, 1.82) is 0 Å². The number of halogens is 1. The largest absolute Gasteiger partial charge is 0.337 e. The average Bonchev–Trinajstić information content (AvgIpc) is 2.70. The van der Waals surface area contributed by atoms with Gasteiger partial charge in [-0.1, -0.05) is 48.0 Å². The Morgan fingerprint density at radius 3 is 2.54 bits per heavy atom. The molecule has 3 rings (SSSR count). The van der Waals surface area contributed by atoms with Gasteiger partial charge in [-0.05, 0) is 50.1 Å². The Labute approximate surface area is 170 Å². The van der Waals surface area contributed by atoms with Gasteiger partial charge in [-0.25, -0.2) is 9.97 Å². The summed E-state index contributed by atoms with van der Waals surface area (Å²) in [6.07, 6.45) is 0. The highest BCUT2D eigenvalue weighted by atomic mass is 35.5. The molecular weight excluding hydrogens is 372 g/mol. The van der Waals surface area contributed by atoms with Gasteiger partial charge in [-0.2, -0.15) is 0 Å². The zero-order valence-electron chi connectivity index (χ0n) is 16.2. The SMILES string of the molecule is CCN(Cc1ccccc1)c1nc(C)cc(C(=O)Nc2cccc(Cl)c2C)n1. The molecule has 0 bridgehead atoms. The van der Waals surface area contributed by atoms with Gasteiger partial charge in [-0.3, -0.25) is 4.79 Å². The molecule has 1 amide bonds. The van der Waals surface area contributed by atoms with Gasteiger partial charge in [0.25, 0.3) is 5.91 Å². The maximum atomic E-state index is 12.8. The average molecular weight is 395 g/mol. The maximum Gasteiger partial charge on any atom is 0.274 e.